The van der Waals surface area contributed by atoms with E-state index < -0.39 is 5.60 Å². The van der Waals surface area contributed by atoms with Gasteiger partial charge in [0, 0.05) is 26.2 Å². The second-order valence-electron chi connectivity index (χ2n) is 9.82. The summed E-state index contributed by atoms with van der Waals surface area (Å²) >= 11 is 0. The molecule has 2 amide bonds. The molecule has 0 aromatic carbocycles. The van der Waals surface area contributed by atoms with Crippen LogP contribution in [0.1, 0.15) is 59.6 Å². The van der Waals surface area contributed by atoms with E-state index in [9.17, 15) is 9.59 Å². The standard InChI is InChI=1S/C24H36N4O5/c1-17(2)32-22(29)27-10-6-18(7-11-27)16-31-21-15-25-20(14-26-21)19-8-12-28(13-9-19)23(30)33-24(3,4)5/h8,14-15,17-18H,6-7,9-13,16H2,1-5H3. The molecule has 0 N–H and O–H groups in total. The second kappa shape index (κ2) is 10.9. The molecule has 2 aliphatic rings. The highest BCUT2D eigenvalue weighted by Gasteiger charge is 2.26. The monoisotopic (exact) mass is 460 g/mol. The average Bonchev–Trinajstić information content (AvgIpc) is 2.77. The van der Waals surface area contributed by atoms with Crippen molar-refractivity contribution in [2.45, 2.75) is 65.6 Å². The zero-order valence-electron chi connectivity index (χ0n) is 20.4. The van der Waals surface area contributed by atoms with Crippen LogP contribution in [0.4, 0.5) is 9.59 Å². The van der Waals surface area contributed by atoms with Crippen LogP contribution >= 0.6 is 0 Å². The highest BCUT2D eigenvalue weighted by Crippen LogP contribution is 2.23. The molecule has 1 saturated heterocycles. The number of piperidine rings is 1. The zero-order chi connectivity index (χ0) is 24.0. The summed E-state index contributed by atoms with van der Waals surface area (Å²) in [5.41, 5.74) is 1.36. The summed E-state index contributed by atoms with van der Waals surface area (Å²) in [5.74, 6) is 0.863. The molecule has 3 heterocycles. The minimum atomic E-state index is -0.501. The maximum atomic E-state index is 12.2. The van der Waals surface area contributed by atoms with Gasteiger partial charge in [0.25, 0.3) is 0 Å². The minimum absolute atomic E-state index is 0.103. The summed E-state index contributed by atoms with van der Waals surface area (Å²) in [6, 6.07) is 0. The quantitative estimate of drug-likeness (QED) is 0.652. The van der Waals surface area contributed by atoms with Crippen LogP contribution in [-0.4, -0.2) is 76.4 Å². The molecule has 0 radical (unpaired) electrons. The van der Waals surface area contributed by atoms with Crippen molar-refractivity contribution in [3.05, 3.63) is 24.2 Å². The molecule has 0 aliphatic carbocycles. The van der Waals surface area contributed by atoms with Gasteiger partial charge in [-0.05, 0) is 65.4 Å². The third-order valence-corrected chi connectivity index (χ3v) is 5.49. The van der Waals surface area contributed by atoms with Crippen LogP contribution in [0.3, 0.4) is 0 Å². The molecule has 0 unspecified atom stereocenters. The number of nitrogens with zero attached hydrogens (tertiary/aromatic N) is 4. The summed E-state index contributed by atoms with van der Waals surface area (Å²) in [5, 5.41) is 0. The molecular weight excluding hydrogens is 424 g/mol. The lowest BCUT2D eigenvalue weighted by Gasteiger charge is -2.31. The molecule has 0 spiro atoms. The Bertz CT molecular complexity index is 839. The number of hydrogen-bond acceptors (Lipinski definition) is 7. The van der Waals surface area contributed by atoms with Gasteiger partial charge in [-0.15, -0.1) is 0 Å². The maximum absolute atomic E-state index is 12.2. The van der Waals surface area contributed by atoms with Crippen LogP contribution in [0, 0.1) is 5.92 Å². The van der Waals surface area contributed by atoms with Gasteiger partial charge in [-0.3, -0.25) is 0 Å². The zero-order valence-corrected chi connectivity index (χ0v) is 20.4. The van der Waals surface area contributed by atoms with Crippen molar-refractivity contribution in [3.63, 3.8) is 0 Å². The van der Waals surface area contributed by atoms with E-state index in [0.717, 1.165) is 24.1 Å². The third-order valence-electron chi connectivity index (χ3n) is 5.49. The SMILES string of the molecule is CC(C)OC(=O)N1CCC(COc2cnc(C3=CCN(C(=O)OC(C)(C)C)CC3)cn2)CC1. The Kier molecular flexibility index (Phi) is 8.15. The Morgan fingerprint density at radius 2 is 1.79 bits per heavy atom. The Morgan fingerprint density at radius 1 is 1.06 bits per heavy atom. The molecule has 0 saturated carbocycles. The maximum Gasteiger partial charge on any atom is 0.410 e. The first-order valence-corrected chi connectivity index (χ1v) is 11.7. The average molecular weight is 461 g/mol. The molecule has 0 bridgehead atoms. The number of hydrogen-bond donors (Lipinski definition) is 0. The normalized spacial score (nSPS) is 17.6. The van der Waals surface area contributed by atoms with Crippen molar-refractivity contribution >= 4 is 17.8 Å². The van der Waals surface area contributed by atoms with E-state index in [1.807, 2.05) is 40.7 Å². The first-order chi connectivity index (χ1) is 15.6. The predicted molar refractivity (Wildman–Crippen MR) is 124 cm³/mol. The molecule has 182 valence electrons. The summed E-state index contributed by atoms with van der Waals surface area (Å²) in [6.45, 7) is 12.3. The lowest BCUT2D eigenvalue weighted by molar-refractivity contribution is 0.0270. The summed E-state index contributed by atoms with van der Waals surface area (Å²) in [7, 11) is 0. The number of ether oxygens (including phenoxy) is 3. The van der Waals surface area contributed by atoms with E-state index >= 15 is 0 Å². The van der Waals surface area contributed by atoms with Crippen molar-refractivity contribution in [3.8, 4) is 5.88 Å². The van der Waals surface area contributed by atoms with Crippen LogP contribution in [0.15, 0.2) is 18.5 Å². The predicted octanol–water partition coefficient (Wildman–Crippen LogP) is 4.14. The van der Waals surface area contributed by atoms with Gasteiger partial charge in [0.2, 0.25) is 5.88 Å². The topological polar surface area (TPSA) is 94.1 Å². The molecule has 1 aromatic heterocycles. The largest absolute Gasteiger partial charge is 0.476 e. The van der Waals surface area contributed by atoms with Crippen molar-refractivity contribution in [1.82, 2.24) is 19.8 Å². The lowest BCUT2D eigenvalue weighted by Crippen LogP contribution is -2.40. The molecular formula is C24H36N4O5. The Morgan fingerprint density at radius 3 is 2.33 bits per heavy atom. The molecule has 3 rings (SSSR count). The van der Waals surface area contributed by atoms with Crippen LogP contribution in [-0.2, 0) is 9.47 Å². The van der Waals surface area contributed by atoms with Gasteiger partial charge in [0.15, 0.2) is 0 Å². The van der Waals surface area contributed by atoms with E-state index in [-0.39, 0.29) is 18.3 Å². The Balaban J connectivity index is 1.43. The van der Waals surface area contributed by atoms with Crippen LogP contribution in [0.25, 0.3) is 5.57 Å². The minimum Gasteiger partial charge on any atom is -0.476 e. The number of carbonyl (C=O) groups is 2. The number of likely N-dealkylation sites (tertiary alicyclic amines) is 1. The first-order valence-electron chi connectivity index (χ1n) is 11.7. The van der Waals surface area contributed by atoms with Crippen molar-refractivity contribution < 1.29 is 23.8 Å². The van der Waals surface area contributed by atoms with E-state index in [2.05, 4.69) is 9.97 Å². The van der Waals surface area contributed by atoms with Crippen molar-refractivity contribution in [2.75, 3.05) is 32.8 Å². The summed E-state index contributed by atoms with van der Waals surface area (Å²) in [4.78, 5) is 36.5. The van der Waals surface area contributed by atoms with Crippen LogP contribution < -0.4 is 4.74 Å². The highest BCUT2D eigenvalue weighted by atomic mass is 16.6. The van der Waals surface area contributed by atoms with Crippen LogP contribution in [0.2, 0.25) is 0 Å². The lowest BCUT2D eigenvalue weighted by atomic mass is 9.98. The molecule has 33 heavy (non-hydrogen) atoms. The number of rotatable bonds is 5. The van der Waals surface area contributed by atoms with E-state index in [4.69, 9.17) is 14.2 Å². The number of amides is 2. The third kappa shape index (κ3) is 7.61. The summed E-state index contributed by atoms with van der Waals surface area (Å²) < 4.78 is 16.5. The highest BCUT2D eigenvalue weighted by molar-refractivity contribution is 5.71. The van der Waals surface area contributed by atoms with Gasteiger partial charge >= 0.3 is 12.2 Å². The molecule has 1 aromatic rings. The number of carbonyl (C=O) groups excluding carboxylic acids is 2. The Labute approximate surface area is 196 Å². The molecule has 1 fully saturated rings. The van der Waals surface area contributed by atoms with Gasteiger partial charge in [0.05, 0.1) is 30.8 Å². The van der Waals surface area contributed by atoms with E-state index in [1.54, 1.807) is 22.2 Å². The molecule has 9 nitrogen and oxygen atoms in total. The smallest absolute Gasteiger partial charge is 0.410 e. The van der Waals surface area contributed by atoms with Gasteiger partial charge in [-0.25, -0.2) is 19.6 Å². The van der Waals surface area contributed by atoms with Gasteiger partial charge in [0.1, 0.15) is 5.60 Å². The fraction of sp³-hybridized carbons (Fsp3) is 0.667. The number of aromatic nitrogens is 2. The van der Waals surface area contributed by atoms with E-state index in [0.29, 0.717) is 51.0 Å². The Hall–Kier alpha value is -2.84. The van der Waals surface area contributed by atoms with E-state index in [1.165, 1.54) is 0 Å². The summed E-state index contributed by atoms with van der Waals surface area (Å²) in [6.07, 6.45) is 7.17. The fourth-order valence-corrected chi connectivity index (χ4v) is 3.71. The molecule has 0 atom stereocenters. The van der Waals surface area contributed by atoms with Crippen molar-refractivity contribution in [1.29, 1.82) is 0 Å². The van der Waals surface area contributed by atoms with Crippen molar-refractivity contribution in [2.24, 2.45) is 5.92 Å². The van der Waals surface area contributed by atoms with Gasteiger partial charge < -0.3 is 24.0 Å². The fourth-order valence-electron chi connectivity index (χ4n) is 3.71. The molecule has 9 heteroatoms. The van der Waals surface area contributed by atoms with Crippen LogP contribution in [0.5, 0.6) is 5.88 Å². The second-order valence-corrected chi connectivity index (χ2v) is 9.82. The molecule has 2 aliphatic heterocycles. The van der Waals surface area contributed by atoms with Gasteiger partial charge in [-0.1, -0.05) is 6.08 Å². The van der Waals surface area contributed by atoms with Gasteiger partial charge in [-0.2, -0.15) is 0 Å². The first kappa shape index (κ1) is 24.8.